The van der Waals surface area contributed by atoms with Crippen molar-refractivity contribution >= 4 is 33.1 Å². The van der Waals surface area contributed by atoms with Gasteiger partial charge < -0.3 is 29.0 Å². The molecule has 1 N–H and O–H groups in total. The van der Waals surface area contributed by atoms with Crippen LogP contribution in [0.1, 0.15) is 23.5 Å². The Morgan fingerprint density at radius 2 is 1.23 bits per heavy atom. The maximum atomic E-state index is 13.0. The van der Waals surface area contributed by atoms with Crippen molar-refractivity contribution in [2.45, 2.75) is 12.3 Å². The van der Waals surface area contributed by atoms with E-state index in [0.717, 1.165) is 44.1 Å². The third-order valence-corrected chi connectivity index (χ3v) is 6.67. The first kappa shape index (κ1) is 22.7. The van der Waals surface area contributed by atoms with Crippen LogP contribution in [0.3, 0.4) is 0 Å². The molecule has 4 aromatic rings. The monoisotopic (exact) mass is 473 g/mol. The molecule has 0 saturated carbocycles. The van der Waals surface area contributed by atoms with E-state index in [4.69, 9.17) is 23.7 Å². The standard InChI is InChI=1S/C28H27NO6/c1-31-16-8-6-7-15(9-16)17-14-26(30)29-28-21-13-25(35-5)23(33-3)11-19(21)18-10-22(32-2)24(34-4)12-20(18)27(17)28/h6-13,17H,14H2,1-5H3,(H,29,30). The highest BCUT2D eigenvalue weighted by atomic mass is 16.5. The Bertz CT molecular complexity index is 1460. The first-order valence-electron chi connectivity index (χ1n) is 11.2. The predicted octanol–water partition coefficient (Wildman–Crippen LogP) is 5.51. The number of nitrogens with one attached hydrogen (secondary N) is 1. The summed E-state index contributed by atoms with van der Waals surface area (Å²) in [5.74, 6) is 2.92. The lowest BCUT2D eigenvalue weighted by Gasteiger charge is -2.30. The first-order chi connectivity index (χ1) is 17.0. The average molecular weight is 474 g/mol. The number of hydrogen-bond acceptors (Lipinski definition) is 6. The molecule has 0 aromatic heterocycles. The zero-order chi connectivity index (χ0) is 24.7. The first-order valence-corrected chi connectivity index (χ1v) is 11.2. The minimum atomic E-state index is -0.188. The van der Waals surface area contributed by atoms with Crippen molar-refractivity contribution in [1.29, 1.82) is 0 Å². The molecule has 1 atom stereocenters. The van der Waals surface area contributed by atoms with E-state index in [9.17, 15) is 4.79 Å². The third-order valence-electron chi connectivity index (χ3n) is 6.67. The van der Waals surface area contributed by atoms with E-state index in [1.807, 2.05) is 48.5 Å². The van der Waals surface area contributed by atoms with Gasteiger partial charge >= 0.3 is 0 Å². The number of ether oxygens (including phenoxy) is 5. The topological polar surface area (TPSA) is 75.3 Å². The summed E-state index contributed by atoms with van der Waals surface area (Å²) >= 11 is 0. The summed E-state index contributed by atoms with van der Waals surface area (Å²) in [7, 11) is 8.08. The molecule has 0 fully saturated rings. The molecule has 5 rings (SSSR count). The predicted molar refractivity (Wildman–Crippen MR) is 136 cm³/mol. The highest BCUT2D eigenvalue weighted by Gasteiger charge is 2.32. The minimum absolute atomic E-state index is 0.0544. The Kier molecular flexibility index (Phi) is 5.76. The molecular weight excluding hydrogens is 446 g/mol. The number of amides is 1. The van der Waals surface area contributed by atoms with Crippen LogP contribution in [0.25, 0.3) is 21.5 Å². The second-order valence-electron chi connectivity index (χ2n) is 8.38. The summed E-state index contributed by atoms with van der Waals surface area (Å²) in [6.07, 6.45) is 0.308. The molecule has 1 heterocycles. The third kappa shape index (κ3) is 3.64. The molecule has 0 aliphatic carbocycles. The largest absolute Gasteiger partial charge is 0.497 e. The summed E-state index contributed by atoms with van der Waals surface area (Å²) in [6.45, 7) is 0. The molecule has 1 aliphatic rings. The van der Waals surface area contributed by atoms with Gasteiger partial charge in [-0.2, -0.15) is 0 Å². The molecule has 1 amide bonds. The van der Waals surface area contributed by atoms with E-state index in [0.29, 0.717) is 29.4 Å². The molecule has 180 valence electrons. The number of rotatable bonds is 6. The van der Waals surface area contributed by atoms with Gasteiger partial charge in [-0.3, -0.25) is 4.79 Å². The molecule has 0 radical (unpaired) electrons. The van der Waals surface area contributed by atoms with Gasteiger partial charge in [0.15, 0.2) is 23.0 Å². The number of carbonyl (C=O) groups is 1. The average Bonchev–Trinajstić information content (AvgIpc) is 2.90. The number of methoxy groups -OCH3 is 5. The van der Waals surface area contributed by atoms with Crippen LogP contribution in [0, 0.1) is 0 Å². The normalized spacial score (nSPS) is 14.9. The molecule has 0 spiro atoms. The molecular formula is C28H27NO6. The van der Waals surface area contributed by atoms with Gasteiger partial charge in [0.1, 0.15) is 5.75 Å². The number of anilines is 1. The molecule has 4 aromatic carbocycles. The second kappa shape index (κ2) is 8.91. The fraction of sp³-hybridized carbons (Fsp3) is 0.250. The van der Waals surface area contributed by atoms with Gasteiger partial charge in [-0.05, 0) is 63.7 Å². The Hall–Kier alpha value is -4.13. The van der Waals surface area contributed by atoms with Crippen LogP contribution in [0.4, 0.5) is 5.69 Å². The van der Waals surface area contributed by atoms with Crippen molar-refractivity contribution < 1.29 is 28.5 Å². The zero-order valence-corrected chi connectivity index (χ0v) is 20.4. The van der Waals surface area contributed by atoms with Crippen LogP contribution >= 0.6 is 0 Å². The summed E-state index contributed by atoms with van der Waals surface area (Å²) < 4.78 is 27.9. The van der Waals surface area contributed by atoms with Gasteiger partial charge in [0.05, 0.1) is 41.2 Å². The maximum Gasteiger partial charge on any atom is 0.225 e. The highest BCUT2D eigenvalue weighted by molar-refractivity contribution is 6.20. The number of carbonyl (C=O) groups excluding carboxylic acids is 1. The van der Waals surface area contributed by atoms with Crippen molar-refractivity contribution in [3.8, 4) is 28.7 Å². The maximum absolute atomic E-state index is 13.0. The Morgan fingerprint density at radius 3 is 1.80 bits per heavy atom. The lowest BCUT2D eigenvalue weighted by atomic mass is 9.80. The number of benzene rings is 4. The zero-order valence-electron chi connectivity index (χ0n) is 20.4. The van der Waals surface area contributed by atoms with E-state index in [-0.39, 0.29) is 11.8 Å². The second-order valence-corrected chi connectivity index (χ2v) is 8.38. The molecule has 7 heteroatoms. The van der Waals surface area contributed by atoms with Crippen LogP contribution in [0.2, 0.25) is 0 Å². The van der Waals surface area contributed by atoms with Crippen molar-refractivity contribution in [3.05, 3.63) is 59.7 Å². The van der Waals surface area contributed by atoms with E-state index < -0.39 is 0 Å². The van der Waals surface area contributed by atoms with Crippen LogP contribution in [0.5, 0.6) is 28.7 Å². The quantitative estimate of drug-likeness (QED) is 0.372. The smallest absolute Gasteiger partial charge is 0.225 e. The number of fused-ring (bicyclic) bond motifs is 6. The van der Waals surface area contributed by atoms with Gasteiger partial charge in [0.25, 0.3) is 0 Å². The van der Waals surface area contributed by atoms with Crippen LogP contribution in [0.15, 0.2) is 48.5 Å². The molecule has 0 bridgehead atoms. The Balaban J connectivity index is 1.95. The summed E-state index contributed by atoms with van der Waals surface area (Å²) in [5.41, 5.74) is 2.76. The minimum Gasteiger partial charge on any atom is -0.497 e. The molecule has 0 saturated heterocycles. The van der Waals surface area contributed by atoms with Gasteiger partial charge in [0, 0.05) is 17.7 Å². The van der Waals surface area contributed by atoms with E-state index >= 15 is 0 Å². The Labute approximate surface area is 203 Å². The van der Waals surface area contributed by atoms with Crippen LogP contribution in [-0.4, -0.2) is 41.5 Å². The van der Waals surface area contributed by atoms with E-state index in [1.54, 1.807) is 35.5 Å². The van der Waals surface area contributed by atoms with Crippen molar-refractivity contribution in [1.82, 2.24) is 0 Å². The van der Waals surface area contributed by atoms with E-state index in [1.165, 1.54) is 0 Å². The lowest BCUT2D eigenvalue weighted by Crippen LogP contribution is -2.24. The van der Waals surface area contributed by atoms with Crippen molar-refractivity contribution in [2.24, 2.45) is 0 Å². The fourth-order valence-electron chi connectivity index (χ4n) is 5.03. The summed E-state index contributed by atoms with van der Waals surface area (Å²) in [4.78, 5) is 13.0. The summed E-state index contributed by atoms with van der Waals surface area (Å²) in [6, 6.07) is 15.7. The fourth-order valence-corrected chi connectivity index (χ4v) is 5.03. The Morgan fingerprint density at radius 1 is 0.686 bits per heavy atom. The van der Waals surface area contributed by atoms with Gasteiger partial charge in [0.2, 0.25) is 5.91 Å². The van der Waals surface area contributed by atoms with Crippen molar-refractivity contribution in [3.63, 3.8) is 0 Å². The molecule has 35 heavy (non-hydrogen) atoms. The molecule has 1 unspecified atom stereocenters. The van der Waals surface area contributed by atoms with Crippen molar-refractivity contribution in [2.75, 3.05) is 40.9 Å². The number of hydrogen-bond donors (Lipinski definition) is 1. The van der Waals surface area contributed by atoms with Gasteiger partial charge in [-0.1, -0.05) is 12.1 Å². The van der Waals surface area contributed by atoms with Crippen LogP contribution in [-0.2, 0) is 4.79 Å². The van der Waals surface area contributed by atoms with E-state index in [2.05, 4.69) is 5.32 Å². The molecule has 7 nitrogen and oxygen atoms in total. The van der Waals surface area contributed by atoms with Gasteiger partial charge in [-0.25, -0.2) is 0 Å². The SMILES string of the molecule is COc1cccc(C2CC(=O)Nc3c2c2cc(OC)c(OC)cc2c2cc(OC)c(OC)cc32)c1. The van der Waals surface area contributed by atoms with Gasteiger partial charge in [-0.15, -0.1) is 0 Å². The molecule has 1 aliphatic heterocycles. The lowest BCUT2D eigenvalue weighted by molar-refractivity contribution is -0.116. The highest BCUT2D eigenvalue weighted by Crippen LogP contribution is 2.50. The summed E-state index contributed by atoms with van der Waals surface area (Å²) in [5, 5.41) is 6.83. The van der Waals surface area contributed by atoms with Crippen LogP contribution < -0.4 is 29.0 Å².